The van der Waals surface area contributed by atoms with Gasteiger partial charge in [0.1, 0.15) is 5.82 Å². The molecular formula is C16H21N5O3S2. The van der Waals surface area contributed by atoms with Gasteiger partial charge >= 0.3 is 0 Å². The van der Waals surface area contributed by atoms with Crippen LogP contribution in [0.15, 0.2) is 40.4 Å². The van der Waals surface area contributed by atoms with Gasteiger partial charge in [-0.3, -0.25) is 4.79 Å². The molecular weight excluding hydrogens is 374 g/mol. The minimum Gasteiger partial charge on any atom is -0.339 e. The lowest BCUT2D eigenvalue weighted by molar-refractivity contribution is -0.129. The predicted octanol–water partition coefficient (Wildman–Crippen LogP) is 0.749. The summed E-state index contributed by atoms with van der Waals surface area (Å²) in [7, 11) is -1.64. The van der Waals surface area contributed by atoms with Crippen molar-refractivity contribution in [2.75, 3.05) is 31.9 Å². The third kappa shape index (κ3) is 3.92. The Hall–Kier alpha value is -1.91. The summed E-state index contributed by atoms with van der Waals surface area (Å²) in [6.07, 6.45) is 0. The van der Waals surface area contributed by atoms with Crippen molar-refractivity contribution in [3.63, 3.8) is 0 Å². The third-order valence-electron chi connectivity index (χ3n) is 4.35. The van der Waals surface area contributed by atoms with Gasteiger partial charge in [-0.05, 0) is 19.1 Å². The summed E-state index contributed by atoms with van der Waals surface area (Å²) < 4.78 is 28.5. The second-order valence-corrected chi connectivity index (χ2v) is 8.86. The number of thioether (sulfide) groups is 1. The van der Waals surface area contributed by atoms with Crippen LogP contribution in [-0.2, 0) is 21.9 Å². The van der Waals surface area contributed by atoms with E-state index in [4.69, 9.17) is 0 Å². The van der Waals surface area contributed by atoms with Crippen LogP contribution in [0.2, 0.25) is 0 Å². The highest BCUT2D eigenvalue weighted by atomic mass is 32.2. The second kappa shape index (κ2) is 7.77. The predicted molar refractivity (Wildman–Crippen MR) is 98.2 cm³/mol. The first kappa shape index (κ1) is 18.9. The first-order valence-electron chi connectivity index (χ1n) is 8.21. The number of aromatic nitrogens is 3. The van der Waals surface area contributed by atoms with Crippen LogP contribution in [0.3, 0.4) is 0 Å². The van der Waals surface area contributed by atoms with Gasteiger partial charge in [0.25, 0.3) is 0 Å². The zero-order valence-electron chi connectivity index (χ0n) is 14.7. The molecule has 10 heteroatoms. The van der Waals surface area contributed by atoms with E-state index < -0.39 is 10.0 Å². The molecule has 1 aromatic carbocycles. The van der Waals surface area contributed by atoms with E-state index in [9.17, 15) is 13.2 Å². The summed E-state index contributed by atoms with van der Waals surface area (Å²) >= 11 is 1.34. The molecule has 140 valence electrons. The van der Waals surface area contributed by atoms with Gasteiger partial charge in [-0.15, -0.1) is 10.2 Å². The lowest BCUT2D eigenvalue weighted by Gasteiger charge is -2.34. The van der Waals surface area contributed by atoms with Crippen LogP contribution in [0, 0.1) is 6.92 Å². The molecule has 8 nitrogen and oxygen atoms in total. The van der Waals surface area contributed by atoms with E-state index in [1.807, 2.05) is 18.5 Å². The Kier molecular flexibility index (Phi) is 5.64. The van der Waals surface area contributed by atoms with E-state index in [0.717, 1.165) is 5.82 Å². The molecule has 0 radical (unpaired) electrons. The molecule has 1 fully saturated rings. The van der Waals surface area contributed by atoms with E-state index in [1.165, 1.54) is 16.1 Å². The maximum Gasteiger partial charge on any atom is 0.243 e. The minimum absolute atomic E-state index is 0.0209. The van der Waals surface area contributed by atoms with E-state index in [1.54, 1.807) is 35.2 Å². The maximum absolute atomic E-state index is 12.6. The second-order valence-electron chi connectivity index (χ2n) is 5.98. The summed E-state index contributed by atoms with van der Waals surface area (Å²) in [5, 5.41) is 8.69. The number of benzene rings is 1. The summed E-state index contributed by atoms with van der Waals surface area (Å²) in [6.45, 7) is 3.24. The van der Waals surface area contributed by atoms with Crippen LogP contribution in [0.4, 0.5) is 0 Å². The van der Waals surface area contributed by atoms with Gasteiger partial charge in [0.05, 0.1) is 10.6 Å². The Balaban J connectivity index is 1.55. The van der Waals surface area contributed by atoms with Crippen LogP contribution >= 0.6 is 11.8 Å². The van der Waals surface area contributed by atoms with Crippen molar-refractivity contribution in [3.8, 4) is 0 Å². The van der Waals surface area contributed by atoms with Crippen LogP contribution in [-0.4, -0.2) is 70.2 Å². The largest absolute Gasteiger partial charge is 0.339 e. The number of carbonyl (C=O) groups excluding carboxylic acids is 1. The van der Waals surface area contributed by atoms with Gasteiger partial charge in [-0.2, -0.15) is 4.31 Å². The SMILES string of the molecule is Cc1nnc(SCC(=O)N2CCN(S(=O)(=O)c3ccccc3)CC2)n1C. The lowest BCUT2D eigenvalue weighted by atomic mass is 10.3. The maximum atomic E-state index is 12.6. The highest BCUT2D eigenvalue weighted by Gasteiger charge is 2.30. The molecule has 2 heterocycles. The molecule has 1 aliphatic heterocycles. The lowest BCUT2D eigenvalue weighted by Crippen LogP contribution is -2.50. The number of nitrogens with zero attached hydrogens (tertiary/aromatic N) is 5. The summed E-state index contributed by atoms with van der Waals surface area (Å²) in [5.74, 6) is 1.03. The van der Waals surface area contributed by atoms with E-state index in [-0.39, 0.29) is 16.6 Å². The summed E-state index contributed by atoms with van der Waals surface area (Å²) in [5.41, 5.74) is 0. The number of amides is 1. The summed E-state index contributed by atoms with van der Waals surface area (Å²) in [6, 6.07) is 8.38. The number of hydrogen-bond donors (Lipinski definition) is 0. The van der Waals surface area contributed by atoms with Gasteiger partial charge in [0.15, 0.2) is 5.16 Å². The number of sulfonamides is 1. The first-order valence-corrected chi connectivity index (χ1v) is 10.6. The molecule has 0 saturated carbocycles. The monoisotopic (exact) mass is 395 g/mol. The van der Waals surface area contributed by atoms with Gasteiger partial charge in [0, 0.05) is 33.2 Å². The normalized spacial score (nSPS) is 16.0. The third-order valence-corrected chi connectivity index (χ3v) is 7.27. The van der Waals surface area contributed by atoms with Crippen molar-refractivity contribution >= 4 is 27.7 Å². The molecule has 1 amide bonds. The molecule has 26 heavy (non-hydrogen) atoms. The Bertz CT molecular complexity index is 875. The molecule has 0 spiro atoms. The molecule has 0 N–H and O–H groups in total. The van der Waals surface area contributed by atoms with Gasteiger partial charge in [-0.1, -0.05) is 30.0 Å². The summed E-state index contributed by atoms with van der Waals surface area (Å²) in [4.78, 5) is 14.4. The number of carbonyl (C=O) groups is 1. The Morgan fingerprint density at radius 2 is 1.77 bits per heavy atom. The van der Waals surface area contributed by atoms with Crippen LogP contribution in [0.1, 0.15) is 5.82 Å². The Morgan fingerprint density at radius 1 is 1.12 bits per heavy atom. The highest BCUT2D eigenvalue weighted by Crippen LogP contribution is 2.19. The van der Waals surface area contributed by atoms with Crippen molar-refractivity contribution in [2.45, 2.75) is 17.0 Å². The van der Waals surface area contributed by atoms with Crippen molar-refractivity contribution in [1.82, 2.24) is 24.0 Å². The van der Waals surface area contributed by atoms with Gasteiger partial charge in [0.2, 0.25) is 15.9 Å². The van der Waals surface area contributed by atoms with Crippen molar-refractivity contribution in [2.24, 2.45) is 7.05 Å². The van der Waals surface area contributed by atoms with Crippen LogP contribution < -0.4 is 0 Å². The smallest absolute Gasteiger partial charge is 0.243 e. The van der Waals surface area contributed by atoms with E-state index >= 15 is 0 Å². The molecule has 1 aliphatic rings. The Labute approximate surface area is 157 Å². The van der Waals surface area contributed by atoms with Crippen LogP contribution in [0.5, 0.6) is 0 Å². The number of rotatable bonds is 5. The quantitative estimate of drug-likeness (QED) is 0.694. The van der Waals surface area contributed by atoms with Gasteiger partial charge in [-0.25, -0.2) is 8.42 Å². The number of hydrogen-bond acceptors (Lipinski definition) is 6. The molecule has 0 atom stereocenters. The van der Waals surface area contributed by atoms with E-state index in [0.29, 0.717) is 31.3 Å². The molecule has 0 aliphatic carbocycles. The molecule has 1 saturated heterocycles. The molecule has 3 rings (SSSR count). The molecule has 1 aromatic heterocycles. The van der Waals surface area contributed by atoms with Crippen LogP contribution in [0.25, 0.3) is 0 Å². The zero-order chi connectivity index (χ0) is 18.7. The van der Waals surface area contributed by atoms with Crippen molar-refractivity contribution < 1.29 is 13.2 Å². The molecule has 0 bridgehead atoms. The van der Waals surface area contributed by atoms with Crippen molar-refractivity contribution in [1.29, 1.82) is 0 Å². The fourth-order valence-electron chi connectivity index (χ4n) is 2.65. The minimum atomic E-state index is -3.50. The zero-order valence-corrected chi connectivity index (χ0v) is 16.3. The molecule has 2 aromatic rings. The standard InChI is InChI=1S/C16H21N5O3S2/c1-13-17-18-16(19(13)2)25-12-15(22)20-8-10-21(11-9-20)26(23,24)14-6-4-3-5-7-14/h3-7H,8-12H2,1-2H3. The highest BCUT2D eigenvalue weighted by molar-refractivity contribution is 7.99. The average molecular weight is 396 g/mol. The van der Waals surface area contributed by atoms with E-state index in [2.05, 4.69) is 10.2 Å². The molecule has 0 unspecified atom stereocenters. The van der Waals surface area contributed by atoms with Gasteiger partial charge < -0.3 is 9.47 Å². The number of aryl methyl sites for hydroxylation is 1. The fourth-order valence-corrected chi connectivity index (χ4v) is 4.95. The number of piperazine rings is 1. The first-order chi connectivity index (χ1) is 12.4. The van der Waals surface area contributed by atoms with Crippen molar-refractivity contribution in [3.05, 3.63) is 36.2 Å². The topological polar surface area (TPSA) is 88.4 Å². The fraction of sp³-hybridized carbons (Fsp3) is 0.438. The Morgan fingerprint density at radius 3 is 2.35 bits per heavy atom. The average Bonchev–Trinajstić information content (AvgIpc) is 2.99.